The van der Waals surface area contributed by atoms with Crippen LogP contribution < -0.4 is 5.32 Å². The second-order valence-corrected chi connectivity index (χ2v) is 6.40. The molecule has 0 fully saturated rings. The second kappa shape index (κ2) is 6.42. The molecule has 0 bridgehead atoms. The molecule has 0 amide bonds. The Morgan fingerprint density at radius 2 is 1.68 bits per heavy atom. The molecular formula is C17H20IN. The van der Waals surface area contributed by atoms with Crippen LogP contribution in [-0.2, 0) is 0 Å². The van der Waals surface area contributed by atoms with Crippen LogP contribution in [0.3, 0.4) is 0 Å². The van der Waals surface area contributed by atoms with Crippen molar-refractivity contribution in [1.82, 2.24) is 0 Å². The lowest BCUT2D eigenvalue weighted by Crippen LogP contribution is -2.16. The van der Waals surface area contributed by atoms with E-state index in [1.165, 1.54) is 20.4 Å². The fourth-order valence-electron chi connectivity index (χ4n) is 2.16. The zero-order chi connectivity index (χ0) is 13.8. The quantitative estimate of drug-likeness (QED) is 0.715. The average Bonchev–Trinajstić information content (AvgIpc) is 2.40. The Morgan fingerprint density at radius 1 is 1.00 bits per heavy atom. The van der Waals surface area contributed by atoms with Crippen LogP contribution in [0.4, 0.5) is 5.69 Å². The third kappa shape index (κ3) is 3.72. The maximum Gasteiger partial charge on any atom is 0.0536 e. The predicted molar refractivity (Wildman–Crippen MR) is 91.5 cm³/mol. The lowest BCUT2D eigenvalue weighted by Gasteiger charge is -2.24. The SMILES string of the molecule is Cc1ccc(NC(c2ccccc2)C(C)C)cc1I. The molecule has 1 N–H and O–H groups in total. The van der Waals surface area contributed by atoms with Gasteiger partial charge >= 0.3 is 0 Å². The van der Waals surface area contributed by atoms with Crippen LogP contribution in [0.1, 0.15) is 31.0 Å². The largest absolute Gasteiger partial charge is 0.378 e. The van der Waals surface area contributed by atoms with E-state index in [9.17, 15) is 0 Å². The zero-order valence-corrected chi connectivity index (χ0v) is 13.8. The molecule has 0 aliphatic heterocycles. The molecule has 2 heteroatoms. The van der Waals surface area contributed by atoms with Crippen LogP contribution in [0.15, 0.2) is 48.5 Å². The van der Waals surface area contributed by atoms with Gasteiger partial charge in [-0.1, -0.05) is 50.2 Å². The third-order valence-electron chi connectivity index (χ3n) is 3.32. The molecule has 1 atom stereocenters. The van der Waals surface area contributed by atoms with E-state index in [0.717, 1.165) is 0 Å². The Hall–Kier alpha value is -1.03. The van der Waals surface area contributed by atoms with Gasteiger partial charge in [-0.05, 0) is 58.7 Å². The summed E-state index contributed by atoms with van der Waals surface area (Å²) >= 11 is 2.39. The molecule has 2 rings (SSSR count). The number of hydrogen-bond acceptors (Lipinski definition) is 1. The van der Waals surface area contributed by atoms with Gasteiger partial charge in [0, 0.05) is 9.26 Å². The van der Waals surface area contributed by atoms with Crippen molar-refractivity contribution in [3.8, 4) is 0 Å². The zero-order valence-electron chi connectivity index (χ0n) is 11.7. The Bertz CT molecular complexity index is 534. The molecule has 0 saturated heterocycles. The highest BCUT2D eigenvalue weighted by Gasteiger charge is 2.15. The number of rotatable bonds is 4. The van der Waals surface area contributed by atoms with E-state index in [1.54, 1.807) is 0 Å². The Balaban J connectivity index is 2.24. The smallest absolute Gasteiger partial charge is 0.0536 e. The number of halogens is 1. The van der Waals surface area contributed by atoms with Crippen LogP contribution in [0.5, 0.6) is 0 Å². The summed E-state index contributed by atoms with van der Waals surface area (Å²) in [6, 6.07) is 17.6. The highest BCUT2D eigenvalue weighted by molar-refractivity contribution is 14.1. The summed E-state index contributed by atoms with van der Waals surface area (Å²) in [6.07, 6.45) is 0. The molecule has 2 aromatic rings. The molecule has 0 aromatic heterocycles. The summed E-state index contributed by atoms with van der Waals surface area (Å²) < 4.78 is 1.30. The monoisotopic (exact) mass is 365 g/mol. The first kappa shape index (κ1) is 14.4. The normalized spacial score (nSPS) is 12.5. The fraction of sp³-hybridized carbons (Fsp3) is 0.294. The van der Waals surface area contributed by atoms with Gasteiger partial charge in [-0.3, -0.25) is 0 Å². The topological polar surface area (TPSA) is 12.0 Å². The van der Waals surface area contributed by atoms with E-state index < -0.39 is 0 Å². The first-order valence-corrected chi connectivity index (χ1v) is 7.73. The van der Waals surface area contributed by atoms with Crippen LogP contribution in [-0.4, -0.2) is 0 Å². The van der Waals surface area contributed by atoms with Crippen molar-refractivity contribution in [2.24, 2.45) is 5.92 Å². The van der Waals surface area contributed by atoms with Crippen molar-refractivity contribution in [3.05, 3.63) is 63.2 Å². The second-order valence-electron chi connectivity index (χ2n) is 5.24. The Labute approximate surface area is 129 Å². The molecule has 2 aromatic carbocycles. The van der Waals surface area contributed by atoms with Crippen molar-refractivity contribution >= 4 is 28.3 Å². The van der Waals surface area contributed by atoms with Gasteiger partial charge in [0.1, 0.15) is 0 Å². The van der Waals surface area contributed by atoms with Crippen molar-refractivity contribution < 1.29 is 0 Å². The van der Waals surface area contributed by atoms with Gasteiger partial charge in [-0.25, -0.2) is 0 Å². The maximum atomic E-state index is 3.66. The first-order chi connectivity index (χ1) is 9.08. The number of nitrogens with one attached hydrogen (secondary N) is 1. The Morgan fingerprint density at radius 3 is 2.26 bits per heavy atom. The molecule has 0 saturated carbocycles. The van der Waals surface area contributed by atoms with Crippen LogP contribution in [0.2, 0.25) is 0 Å². The molecule has 0 aliphatic carbocycles. The van der Waals surface area contributed by atoms with E-state index in [-0.39, 0.29) is 0 Å². The first-order valence-electron chi connectivity index (χ1n) is 6.65. The van der Waals surface area contributed by atoms with E-state index in [0.29, 0.717) is 12.0 Å². The number of hydrogen-bond donors (Lipinski definition) is 1. The molecule has 0 heterocycles. The van der Waals surface area contributed by atoms with Crippen molar-refractivity contribution in [1.29, 1.82) is 0 Å². The van der Waals surface area contributed by atoms with Gasteiger partial charge in [0.2, 0.25) is 0 Å². The van der Waals surface area contributed by atoms with Gasteiger partial charge in [-0.15, -0.1) is 0 Å². The molecular weight excluding hydrogens is 345 g/mol. The summed E-state index contributed by atoms with van der Waals surface area (Å²) in [6.45, 7) is 6.65. The van der Waals surface area contributed by atoms with Gasteiger partial charge in [0.05, 0.1) is 6.04 Å². The molecule has 1 nitrogen and oxygen atoms in total. The Kier molecular flexibility index (Phi) is 4.86. The van der Waals surface area contributed by atoms with E-state index in [2.05, 4.69) is 97.2 Å². The van der Waals surface area contributed by atoms with Gasteiger partial charge in [0.25, 0.3) is 0 Å². The van der Waals surface area contributed by atoms with E-state index in [1.807, 2.05) is 0 Å². The number of anilines is 1. The van der Waals surface area contributed by atoms with Gasteiger partial charge in [-0.2, -0.15) is 0 Å². The summed E-state index contributed by atoms with van der Waals surface area (Å²) in [5, 5.41) is 3.66. The molecule has 1 unspecified atom stereocenters. The third-order valence-corrected chi connectivity index (χ3v) is 4.48. The van der Waals surface area contributed by atoms with E-state index in [4.69, 9.17) is 0 Å². The molecule has 0 radical (unpaired) electrons. The van der Waals surface area contributed by atoms with Gasteiger partial charge in [0.15, 0.2) is 0 Å². The molecule has 0 aliphatic rings. The number of benzene rings is 2. The van der Waals surface area contributed by atoms with Crippen molar-refractivity contribution in [3.63, 3.8) is 0 Å². The lowest BCUT2D eigenvalue weighted by molar-refractivity contribution is 0.546. The summed E-state index contributed by atoms with van der Waals surface area (Å²) in [4.78, 5) is 0. The molecule has 0 spiro atoms. The number of aryl methyl sites for hydroxylation is 1. The fourth-order valence-corrected chi connectivity index (χ4v) is 2.67. The van der Waals surface area contributed by atoms with E-state index >= 15 is 0 Å². The minimum atomic E-state index is 0.347. The average molecular weight is 365 g/mol. The highest BCUT2D eigenvalue weighted by Crippen LogP contribution is 2.27. The van der Waals surface area contributed by atoms with Gasteiger partial charge < -0.3 is 5.32 Å². The van der Waals surface area contributed by atoms with Crippen LogP contribution in [0, 0.1) is 16.4 Å². The highest BCUT2D eigenvalue weighted by atomic mass is 127. The maximum absolute atomic E-state index is 3.66. The minimum Gasteiger partial charge on any atom is -0.378 e. The summed E-state index contributed by atoms with van der Waals surface area (Å²) in [7, 11) is 0. The van der Waals surface area contributed by atoms with Crippen LogP contribution >= 0.6 is 22.6 Å². The standard InChI is InChI=1S/C17H20IN/c1-12(2)17(14-7-5-4-6-8-14)19-15-10-9-13(3)16(18)11-15/h4-12,17,19H,1-3H3. The minimum absolute atomic E-state index is 0.347. The summed E-state index contributed by atoms with van der Waals surface area (Å²) in [5.41, 5.74) is 3.86. The lowest BCUT2D eigenvalue weighted by atomic mass is 9.96. The van der Waals surface area contributed by atoms with Crippen LogP contribution in [0.25, 0.3) is 0 Å². The predicted octanol–water partition coefficient (Wildman–Crippen LogP) is 5.41. The van der Waals surface area contributed by atoms with Crippen molar-refractivity contribution in [2.45, 2.75) is 26.8 Å². The van der Waals surface area contributed by atoms with Crippen molar-refractivity contribution in [2.75, 3.05) is 5.32 Å². The molecule has 19 heavy (non-hydrogen) atoms. The molecule has 100 valence electrons. The summed E-state index contributed by atoms with van der Waals surface area (Å²) in [5.74, 6) is 0.543.